The van der Waals surface area contributed by atoms with Crippen molar-refractivity contribution in [1.29, 1.82) is 0 Å². The second-order valence-corrected chi connectivity index (χ2v) is 14.4. The Bertz CT molecular complexity index is 967. The summed E-state index contributed by atoms with van der Waals surface area (Å²) in [5.41, 5.74) is 0. The van der Waals surface area contributed by atoms with Crippen LogP contribution in [0.5, 0.6) is 0 Å². The highest BCUT2D eigenvalue weighted by Gasteiger charge is 2.10. The van der Waals surface area contributed by atoms with Crippen molar-refractivity contribution in [3.05, 3.63) is 41.3 Å². The molecule has 0 atom stereocenters. The smallest absolute Gasteiger partial charge is 0.160 e. The first-order chi connectivity index (χ1) is 17.8. The molecule has 1 nitrogen and oxygen atoms in total. The van der Waals surface area contributed by atoms with Crippen LogP contribution in [0.3, 0.4) is 0 Å². The predicted octanol–water partition coefficient (Wildman–Crippen LogP) is 12.4. The molecule has 198 valence electrons. The predicted molar refractivity (Wildman–Crippen MR) is 167 cm³/mol. The molecular formula is C31H44OS4. The first-order valence-corrected chi connectivity index (χ1v) is 17.6. The van der Waals surface area contributed by atoms with Crippen LogP contribution in [0.1, 0.15) is 119 Å². The Morgan fingerprint density at radius 1 is 0.556 bits per heavy atom. The number of rotatable bonds is 21. The third-order valence-corrected chi connectivity index (χ3v) is 11.5. The fourth-order valence-corrected chi connectivity index (χ4v) is 8.72. The van der Waals surface area contributed by atoms with Gasteiger partial charge in [-0.05, 0) is 48.6 Å². The van der Waals surface area contributed by atoms with Crippen LogP contribution in [0.4, 0.5) is 0 Å². The number of thioether (sulfide) groups is 1. The van der Waals surface area contributed by atoms with Crippen LogP contribution < -0.4 is 0 Å². The largest absolute Gasteiger partial charge is 0.297 e. The Hall–Kier alpha value is -0.880. The Kier molecular flexibility index (Phi) is 15.2. The van der Waals surface area contributed by atoms with Gasteiger partial charge < -0.3 is 0 Å². The molecular weight excluding hydrogens is 517 g/mol. The van der Waals surface area contributed by atoms with Gasteiger partial charge in [-0.3, -0.25) is 4.79 Å². The summed E-state index contributed by atoms with van der Waals surface area (Å²) in [7, 11) is 0. The van der Waals surface area contributed by atoms with E-state index >= 15 is 0 Å². The van der Waals surface area contributed by atoms with Gasteiger partial charge in [0.25, 0.3) is 0 Å². The Labute approximate surface area is 236 Å². The maximum Gasteiger partial charge on any atom is 0.160 e. The van der Waals surface area contributed by atoms with E-state index < -0.39 is 0 Å². The molecule has 5 heteroatoms. The minimum absolute atomic E-state index is 0.795. The van der Waals surface area contributed by atoms with Gasteiger partial charge in [-0.2, -0.15) is 0 Å². The number of carbonyl (C=O) groups excluding carboxylic acids is 1. The summed E-state index contributed by atoms with van der Waals surface area (Å²) in [4.78, 5) is 16.9. The molecule has 0 N–H and O–H groups in total. The van der Waals surface area contributed by atoms with Crippen LogP contribution in [0.2, 0.25) is 0 Å². The zero-order chi connectivity index (χ0) is 25.3. The molecule has 0 saturated carbocycles. The van der Waals surface area contributed by atoms with E-state index in [0.717, 1.165) is 11.2 Å². The number of unbranched alkanes of at least 4 members (excludes halogenated alkanes) is 15. The third kappa shape index (κ3) is 11.2. The number of aldehydes is 1. The lowest BCUT2D eigenvalue weighted by Gasteiger charge is -2.03. The average Bonchev–Trinajstić information content (AvgIpc) is 3.66. The highest BCUT2D eigenvalue weighted by atomic mass is 32.2. The zero-order valence-corrected chi connectivity index (χ0v) is 25.4. The molecule has 3 rings (SSSR count). The zero-order valence-electron chi connectivity index (χ0n) is 22.1. The van der Waals surface area contributed by atoms with Crippen LogP contribution >= 0.6 is 45.8 Å². The van der Waals surface area contributed by atoms with Gasteiger partial charge in [0.2, 0.25) is 0 Å². The molecule has 0 unspecified atom stereocenters. The topological polar surface area (TPSA) is 17.1 Å². The monoisotopic (exact) mass is 560 g/mol. The molecule has 0 fully saturated rings. The molecule has 0 aliphatic carbocycles. The molecule has 0 saturated heterocycles. The molecule has 0 bridgehead atoms. The first-order valence-electron chi connectivity index (χ1n) is 14.2. The van der Waals surface area contributed by atoms with Gasteiger partial charge in [0.15, 0.2) is 6.29 Å². The summed E-state index contributed by atoms with van der Waals surface area (Å²) in [6.45, 7) is 2.29. The average molecular weight is 561 g/mol. The van der Waals surface area contributed by atoms with Gasteiger partial charge in [0.1, 0.15) is 0 Å². The second kappa shape index (κ2) is 18.4. The molecule has 3 heterocycles. The molecule has 3 aromatic heterocycles. The van der Waals surface area contributed by atoms with Crippen LogP contribution in [0.15, 0.2) is 40.6 Å². The van der Waals surface area contributed by atoms with E-state index in [1.54, 1.807) is 11.3 Å². The lowest BCUT2D eigenvalue weighted by atomic mass is 10.0. The van der Waals surface area contributed by atoms with Crippen molar-refractivity contribution in [2.45, 2.75) is 114 Å². The molecule has 0 aliphatic rings. The third-order valence-electron chi connectivity index (χ3n) is 6.66. The summed E-state index contributed by atoms with van der Waals surface area (Å²) < 4.78 is 1.43. The van der Waals surface area contributed by atoms with E-state index in [-0.39, 0.29) is 0 Å². The molecule has 0 aliphatic heterocycles. The number of carbonyl (C=O) groups is 1. The maximum absolute atomic E-state index is 11.0. The number of hydrogen-bond acceptors (Lipinski definition) is 5. The Morgan fingerprint density at radius 2 is 1.00 bits per heavy atom. The summed E-state index contributed by atoms with van der Waals surface area (Å²) in [6, 6.07) is 12.9. The van der Waals surface area contributed by atoms with Gasteiger partial charge in [-0.25, -0.2) is 0 Å². The van der Waals surface area contributed by atoms with Gasteiger partial charge in [-0.1, -0.05) is 103 Å². The fraction of sp³-hybridized carbons (Fsp3) is 0.581. The van der Waals surface area contributed by atoms with E-state index in [4.69, 9.17) is 0 Å². The van der Waals surface area contributed by atoms with Crippen molar-refractivity contribution in [1.82, 2.24) is 0 Å². The van der Waals surface area contributed by atoms with Crippen molar-refractivity contribution in [3.8, 4) is 19.5 Å². The minimum atomic E-state index is 0.795. The number of hydrogen-bond donors (Lipinski definition) is 0. The lowest BCUT2D eigenvalue weighted by molar-refractivity contribution is 0.112. The summed E-state index contributed by atoms with van der Waals surface area (Å²) in [5, 5.41) is 0. The summed E-state index contributed by atoms with van der Waals surface area (Å²) in [5.74, 6) is 1.23. The van der Waals surface area contributed by atoms with Gasteiger partial charge >= 0.3 is 0 Å². The standard InChI is InChI=1S/C31H44OS4/c1-2-3-4-5-6-7-8-9-10-11-12-13-14-15-16-17-24-33-31-23-22-30(36-31)29-21-20-28(35-29)27-19-18-26(25-32)34-27/h18-23,25H,2-17,24H2,1H3. The van der Waals surface area contributed by atoms with Gasteiger partial charge in [0, 0.05) is 19.5 Å². The normalized spacial score (nSPS) is 11.4. The van der Waals surface area contributed by atoms with Crippen LogP contribution in [0, 0.1) is 0 Å². The fourth-order valence-electron chi connectivity index (χ4n) is 4.50. The van der Waals surface area contributed by atoms with Crippen molar-refractivity contribution < 1.29 is 4.79 Å². The van der Waals surface area contributed by atoms with Crippen molar-refractivity contribution in [3.63, 3.8) is 0 Å². The SMILES string of the molecule is CCCCCCCCCCCCCCCCCCSc1ccc(-c2ccc(-c3ccc(C=O)s3)s2)s1. The highest BCUT2D eigenvalue weighted by molar-refractivity contribution is 8.01. The van der Waals surface area contributed by atoms with Crippen molar-refractivity contribution in [2.75, 3.05) is 5.75 Å². The van der Waals surface area contributed by atoms with Gasteiger partial charge in [0.05, 0.1) is 9.09 Å². The Balaban J connectivity index is 1.16. The van der Waals surface area contributed by atoms with E-state index in [0.29, 0.717) is 0 Å². The Morgan fingerprint density at radius 3 is 1.53 bits per heavy atom. The molecule has 0 aromatic carbocycles. The quantitative estimate of drug-likeness (QED) is 0.0732. The molecule has 3 aromatic rings. The van der Waals surface area contributed by atoms with Crippen molar-refractivity contribution >= 4 is 52.1 Å². The van der Waals surface area contributed by atoms with E-state index in [9.17, 15) is 4.79 Å². The van der Waals surface area contributed by atoms with E-state index in [2.05, 4.69) is 37.3 Å². The second-order valence-electron chi connectivity index (χ2n) is 9.75. The summed E-state index contributed by atoms with van der Waals surface area (Å²) in [6.07, 6.45) is 23.8. The van der Waals surface area contributed by atoms with Gasteiger partial charge in [-0.15, -0.1) is 45.8 Å². The summed E-state index contributed by atoms with van der Waals surface area (Å²) >= 11 is 7.32. The van der Waals surface area contributed by atoms with Crippen LogP contribution in [0.25, 0.3) is 19.5 Å². The van der Waals surface area contributed by atoms with Crippen LogP contribution in [-0.4, -0.2) is 12.0 Å². The van der Waals surface area contributed by atoms with E-state index in [1.165, 1.54) is 132 Å². The maximum atomic E-state index is 11.0. The minimum Gasteiger partial charge on any atom is -0.297 e. The van der Waals surface area contributed by atoms with Crippen LogP contribution in [-0.2, 0) is 0 Å². The molecule has 0 spiro atoms. The molecule has 0 radical (unpaired) electrons. The lowest BCUT2D eigenvalue weighted by Crippen LogP contribution is -1.84. The number of thiophene rings is 3. The highest BCUT2D eigenvalue weighted by Crippen LogP contribution is 2.41. The molecule has 0 amide bonds. The first kappa shape index (κ1) is 29.7. The molecule has 36 heavy (non-hydrogen) atoms. The van der Waals surface area contributed by atoms with E-state index in [1.807, 2.05) is 40.5 Å². The van der Waals surface area contributed by atoms with Crippen molar-refractivity contribution in [2.24, 2.45) is 0 Å².